The molecule has 0 aromatic carbocycles. The first-order valence-electron chi connectivity index (χ1n) is 7.50. The van der Waals surface area contributed by atoms with Crippen molar-refractivity contribution >= 4 is 0 Å². The number of piperidine rings is 1. The Bertz CT molecular complexity index is 287. The van der Waals surface area contributed by atoms with Crippen LogP contribution in [0.15, 0.2) is 0 Å². The summed E-state index contributed by atoms with van der Waals surface area (Å²) in [7, 11) is 4.42. The third-order valence-corrected chi connectivity index (χ3v) is 5.25. The van der Waals surface area contributed by atoms with Gasteiger partial charge in [-0.25, -0.2) is 0 Å². The Morgan fingerprint density at radius 2 is 2.00 bits per heavy atom. The van der Waals surface area contributed by atoms with Crippen LogP contribution in [0.2, 0.25) is 0 Å². The zero-order valence-corrected chi connectivity index (χ0v) is 12.7. The van der Waals surface area contributed by atoms with Crippen molar-refractivity contribution in [3.05, 3.63) is 0 Å². The SMILES string of the molecule is CN(C)C1CCCN(C2(CN)CCC(C)(C)C2)C1. The summed E-state index contributed by atoms with van der Waals surface area (Å²) in [6, 6.07) is 0.714. The average molecular weight is 253 g/mol. The topological polar surface area (TPSA) is 32.5 Å². The van der Waals surface area contributed by atoms with Crippen molar-refractivity contribution < 1.29 is 0 Å². The summed E-state index contributed by atoms with van der Waals surface area (Å²) >= 11 is 0. The number of likely N-dealkylation sites (tertiary alicyclic amines) is 1. The third-order valence-electron chi connectivity index (χ3n) is 5.25. The molecule has 1 aliphatic carbocycles. The van der Waals surface area contributed by atoms with Gasteiger partial charge in [0, 0.05) is 24.7 Å². The van der Waals surface area contributed by atoms with Crippen molar-refractivity contribution in [2.24, 2.45) is 11.1 Å². The van der Waals surface area contributed by atoms with Crippen LogP contribution in [0.4, 0.5) is 0 Å². The van der Waals surface area contributed by atoms with Crippen molar-refractivity contribution in [2.75, 3.05) is 33.7 Å². The van der Waals surface area contributed by atoms with Crippen LogP contribution in [0.1, 0.15) is 46.0 Å². The molecule has 0 aromatic heterocycles. The molecule has 1 aliphatic heterocycles. The molecule has 1 saturated carbocycles. The molecule has 2 unspecified atom stereocenters. The Morgan fingerprint density at radius 3 is 2.50 bits per heavy atom. The van der Waals surface area contributed by atoms with Crippen molar-refractivity contribution in [3.8, 4) is 0 Å². The quantitative estimate of drug-likeness (QED) is 0.834. The van der Waals surface area contributed by atoms with E-state index < -0.39 is 0 Å². The fourth-order valence-electron chi connectivity index (χ4n) is 4.02. The molecule has 1 heterocycles. The molecule has 2 fully saturated rings. The number of hydrogen-bond donors (Lipinski definition) is 1. The van der Waals surface area contributed by atoms with Gasteiger partial charge in [-0.15, -0.1) is 0 Å². The van der Waals surface area contributed by atoms with E-state index >= 15 is 0 Å². The summed E-state index contributed by atoms with van der Waals surface area (Å²) in [6.07, 6.45) is 6.55. The lowest BCUT2D eigenvalue weighted by Gasteiger charge is -2.47. The number of nitrogens with two attached hydrogens (primary N) is 1. The zero-order chi connectivity index (χ0) is 13.4. The van der Waals surface area contributed by atoms with Crippen molar-refractivity contribution in [2.45, 2.75) is 57.5 Å². The number of nitrogens with zero attached hydrogens (tertiary/aromatic N) is 2. The summed E-state index contributed by atoms with van der Waals surface area (Å²) < 4.78 is 0. The monoisotopic (exact) mass is 253 g/mol. The number of likely N-dealkylation sites (N-methyl/N-ethyl adjacent to an activating group) is 1. The largest absolute Gasteiger partial charge is 0.329 e. The van der Waals surface area contributed by atoms with E-state index in [1.807, 2.05) is 0 Å². The zero-order valence-electron chi connectivity index (χ0n) is 12.7. The summed E-state index contributed by atoms with van der Waals surface area (Å²) in [6.45, 7) is 8.09. The van der Waals surface area contributed by atoms with Crippen molar-refractivity contribution in [1.82, 2.24) is 9.80 Å². The predicted molar refractivity (Wildman–Crippen MR) is 77.7 cm³/mol. The molecule has 0 amide bonds. The van der Waals surface area contributed by atoms with Gasteiger partial charge < -0.3 is 10.6 Å². The van der Waals surface area contributed by atoms with Crippen LogP contribution in [0, 0.1) is 5.41 Å². The van der Waals surface area contributed by atoms with Gasteiger partial charge in [-0.2, -0.15) is 0 Å². The average Bonchev–Trinajstić information content (AvgIpc) is 2.66. The van der Waals surface area contributed by atoms with Crippen LogP contribution in [0.3, 0.4) is 0 Å². The molecule has 18 heavy (non-hydrogen) atoms. The molecule has 3 heteroatoms. The van der Waals surface area contributed by atoms with Gasteiger partial charge >= 0.3 is 0 Å². The molecule has 2 atom stereocenters. The fourth-order valence-corrected chi connectivity index (χ4v) is 4.02. The van der Waals surface area contributed by atoms with E-state index in [0.29, 0.717) is 11.5 Å². The Hall–Kier alpha value is -0.120. The highest BCUT2D eigenvalue weighted by Crippen LogP contribution is 2.46. The van der Waals surface area contributed by atoms with Crippen LogP contribution >= 0.6 is 0 Å². The van der Waals surface area contributed by atoms with Gasteiger partial charge in [-0.1, -0.05) is 13.8 Å². The molecule has 0 spiro atoms. The first-order valence-corrected chi connectivity index (χ1v) is 7.50. The second-order valence-corrected chi connectivity index (χ2v) is 7.48. The minimum Gasteiger partial charge on any atom is -0.329 e. The number of rotatable bonds is 3. The van der Waals surface area contributed by atoms with Gasteiger partial charge in [-0.3, -0.25) is 4.90 Å². The van der Waals surface area contributed by atoms with Crippen LogP contribution in [-0.2, 0) is 0 Å². The van der Waals surface area contributed by atoms with Gasteiger partial charge in [0.15, 0.2) is 0 Å². The lowest BCUT2D eigenvalue weighted by molar-refractivity contribution is 0.0326. The molecular weight excluding hydrogens is 222 g/mol. The molecule has 2 N–H and O–H groups in total. The predicted octanol–water partition coefficient (Wildman–Crippen LogP) is 1.92. The summed E-state index contributed by atoms with van der Waals surface area (Å²) in [5.74, 6) is 0. The van der Waals surface area contributed by atoms with E-state index in [4.69, 9.17) is 5.73 Å². The fraction of sp³-hybridized carbons (Fsp3) is 1.00. The molecule has 106 valence electrons. The highest BCUT2D eigenvalue weighted by atomic mass is 15.3. The van der Waals surface area contributed by atoms with E-state index in [9.17, 15) is 0 Å². The molecule has 0 aromatic rings. The maximum absolute atomic E-state index is 6.19. The lowest BCUT2D eigenvalue weighted by Crippen LogP contribution is -2.58. The number of hydrogen-bond acceptors (Lipinski definition) is 3. The second kappa shape index (κ2) is 5.10. The Balaban J connectivity index is 2.09. The highest BCUT2D eigenvalue weighted by Gasteiger charge is 2.47. The van der Waals surface area contributed by atoms with Gasteiger partial charge in [0.05, 0.1) is 0 Å². The maximum Gasteiger partial charge on any atom is 0.0337 e. The standard InChI is InChI=1S/C15H31N3/c1-14(2)7-8-15(11-14,12-16)18-9-5-6-13(10-18)17(3)4/h13H,5-12,16H2,1-4H3. The molecule has 3 nitrogen and oxygen atoms in total. The minimum absolute atomic E-state index is 0.290. The van der Waals surface area contributed by atoms with Crippen LogP contribution < -0.4 is 5.73 Å². The minimum atomic E-state index is 0.290. The Labute approximate surface area is 113 Å². The van der Waals surface area contributed by atoms with Gasteiger partial charge in [0.1, 0.15) is 0 Å². The van der Waals surface area contributed by atoms with E-state index in [1.165, 1.54) is 45.2 Å². The lowest BCUT2D eigenvalue weighted by atomic mass is 9.85. The smallest absolute Gasteiger partial charge is 0.0337 e. The van der Waals surface area contributed by atoms with Gasteiger partial charge in [-0.05, 0) is 58.2 Å². The molecular formula is C15H31N3. The van der Waals surface area contributed by atoms with Gasteiger partial charge in [0.2, 0.25) is 0 Å². The Kier molecular flexibility index (Phi) is 4.05. The molecule has 0 bridgehead atoms. The van der Waals surface area contributed by atoms with Crippen molar-refractivity contribution in [3.63, 3.8) is 0 Å². The maximum atomic E-state index is 6.19. The molecule has 2 aliphatic rings. The van der Waals surface area contributed by atoms with E-state index in [2.05, 4.69) is 37.7 Å². The first-order chi connectivity index (χ1) is 8.38. The van der Waals surface area contributed by atoms with Crippen molar-refractivity contribution in [1.29, 1.82) is 0 Å². The molecule has 2 rings (SSSR count). The summed E-state index contributed by atoms with van der Waals surface area (Å²) in [5, 5.41) is 0. The van der Waals surface area contributed by atoms with Gasteiger partial charge in [0.25, 0.3) is 0 Å². The van der Waals surface area contributed by atoms with E-state index in [0.717, 1.165) is 6.54 Å². The van der Waals surface area contributed by atoms with E-state index in [1.54, 1.807) is 0 Å². The first kappa shape index (κ1) is 14.3. The molecule has 0 radical (unpaired) electrons. The van der Waals surface area contributed by atoms with Crippen LogP contribution in [0.5, 0.6) is 0 Å². The highest BCUT2D eigenvalue weighted by molar-refractivity contribution is 5.03. The third kappa shape index (κ3) is 2.73. The van der Waals surface area contributed by atoms with Crippen LogP contribution in [0.25, 0.3) is 0 Å². The molecule has 1 saturated heterocycles. The van der Waals surface area contributed by atoms with E-state index in [-0.39, 0.29) is 5.54 Å². The van der Waals surface area contributed by atoms with Crippen LogP contribution in [-0.4, -0.2) is 55.1 Å². The summed E-state index contributed by atoms with van der Waals surface area (Å²) in [4.78, 5) is 5.10. The summed E-state index contributed by atoms with van der Waals surface area (Å²) in [5.41, 5.74) is 6.95. The second-order valence-electron chi connectivity index (χ2n) is 7.48. The Morgan fingerprint density at radius 1 is 1.28 bits per heavy atom. The normalized spacial score (nSPS) is 37.3.